The minimum absolute atomic E-state index is 0.0405. The SMILES string of the molecule is Cc1cccc(CCNC(=O)c2ccc(CN)cc2)c1. The van der Waals surface area contributed by atoms with E-state index in [1.54, 1.807) is 0 Å². The number of carbonyl (C=O) groups excluding carboxylic acids is 1. The van der Waals surface area contributed by atoms with Crippen LogP contribution in [0, 0.1) is 6.92 Å². The molecule has 20 heavy (non-hydrogen) atoms. The zero-order valence-corrected chi connectivity index (χ0v) is 11.7. The summed E-state index contributed by atoms with van der Waals surface area (Å²) in [7, 11) is 0. The van der Waals surface area contributed by atoms with Gasteiger partial charge in [0.2, 0.25) is 0 Å². The van der Waals surface area contributed by atoms with Crippen molar-refractivity contribution in [3.63, 3.8) is 0 Å². The standard InChI is InChI=1S/C17H20N2O/c1-13-3-2-4-14(11-13)9-10-19-17(20)16-7-5-15(12-18)6-8-16/h2-8,11H,9-10,12,18H2,1H3,(H,19,20). The smallest absolute Gasteiger partial charge is 0.251 e. The summed E-state index contributed by atoms with van der Waals surface area (Å²) in [5.41, 5.74) is 9.72. The van der Waals surface area contributed by atoms with Gasteiger partial charge in [0.15, 0.2) is 0 Å². The second kappa shape index (κ2) is 6.87. The van der Waals surface area contributed by atoms with E-state index in [9.17, 15) is 4.79 Å². The van der Waals surface area contributed by atoms with Crippen LogP contribution in [0.4, 0.5) is 0 Å². The van der Waals surface area contributed by atoms with Crippen LogP contribution in [0.25, 0.3) is 0 Å². The molecule has 0 atom stereocenters. The molecule has 0 aromatic heterocycles. The lowest BCUT2D eigenvalue weighted by Crippen LogP contribution is -2.25. The maximum absolute atomic E-state index is 12.0. The molecule has 0 heterocycles. The van der Waals surface area contributed by atoms with Gasteiger partial charge in [0.25, 0.3) is 5.91 Å². The summed E-state index contributed by atoms with van der Waals surface area (Å²) in [6, 6.07) is 15.7. The summed E-state index contributed by atoms with van der Waals surface area (Å²) in [6.45, 7) is 3.21. The number of nitrogens with two attached hydrogens (primary N) is 1. The number of nitrogens with one attached hydrogen (secondary N) is 1. The van der Waals surface area contributed by atoms with Crippen molar-refractivity contribution < 1.29 is 4.79 Å². The summed E-state index contributed by atoms with van der Waals surface area (Å²) >= 11 is 0. The van der Waals surface area contributed by atoms with Gasteiger partial charge in [0.1, 0.15) is 0 Å². The summed E-state index contributed by atoms with van der Waals surface area (Å²) < 4.78 is 0. The molecule has 1 amide bonds. The van der Waals surface area contributed by atoms with Gasteiger partial charge >= 0.3 is 0 Å². The van der Waals surface area contributed by atoms with Gasteiger partial charge in [0.05, 0.1) is 0 Å². The summed E-state index contributed by atoms with van der Waals surface area (Å²) in [5.74, 6) is -0.0405. The molecule has 0 spiro atoms. The first kappa shape index (κ1) is 14.3. The molecule has 0 fully saturated rings. The highest BCUT2D eigenvalue weighted by Crippen LogP contribution is 2.05. The average Bonchev–Trinajstić information content (AvgIpc) is 2.47. The average molecular weight is 268 g/mol. The molecule has 0 bridgehead atoms. The molecule has 3 nitrogen and oxygen atoms in total. The van der Waals surface area contributed by atoms with Crippen molar-refractivity contribution in [2.45, 2.75) is 19.9 Å². The van der Waals surface area contributed by atoms with Crippen molar-refractivity contribution in [2.75, 3.05) is 6.54 Å². The number of amides is 1. The predicted octanol–water partition coefficient (Wildman–Crippen LogP) is 2.43. The van der Waals surface area contributed by atoms with Gasteiger partial charge < -0.3 is 11.1 Å². The second-order valence-corrected chi connectivity index (χ2v) is 4.90. The van der Waals surface area contributed by atoms with Crippen LogP contribution in [-0.4, -0.2) is 12.5 Å². The Morgan fingerprint density at radius 1 is 1.10 bits per heavy atom. The number of carbonyl (C=O) groups is 1. The van der Waals surface area contributed by atoms with Crippen molar-refractivity contribution in [2.24, 2.45) is 5.73 Å². The maximum atomic E-state index is 12.0. The summed E-state index contributed by atoms with van der Waals surface area (Å²) in [6.07, 6.45) is 0.842. The van der Waals surface area contributed by atoms with E-state index in [0.29, 0.717) is 18.7 Å². The van der Waals surface area contributed by atoms with Crippen LogP contribution in [0.1, 0.15) is 27.0 Å². The minimum atomic E-state index is -0.0405. The van der Waals surface area contributed by atoms with Crippen LogP contribution in [-0.2, 0) is 13.0 Å². The first-order chi connectivity index (χ1) is 9.69. The van der Waals surface area contributed by atoms with E-state index in [1.807, 2.05) is 30.3 Å². The topological polar surface area (TPSA) is 55.1 Å². The Morgan fingerprint density at radius 2 is 1.85 bits per heavy atom. The number of aryl methyl sites for hydroxylation is 1. The van der Waals surface area contributed by atoms with Gasteiger partial charge in [-0.15, -0.1) is 0 Å². The number of rotatable bonds is 5. The number of hydrogen-bond donors (Lipinski definition) is 2. The van der Waals surface area contributed by atoms with Crippen LogP contribution in [0.15, 0.2) is 48.5 Å². The lowest BCUT2D eigenvalue weighted by Gasteiger charge is -2.06. The largest absolute Gasteiger partial charge is 0.352 e. The molecule has 0 aliphatic heterocycles. The summed E-state index contributed by atoms with van der Waals surface area (Å²) in [5, 5.41) is 2.93. The highest BCUT2D eigenvalue weighted by atomic mass is 16.1. The van der Waals surface area contributed by atoms with E-state index in [2.05, 4.69) is 30.4 Å². The molecule has 2 aromatic rings. The molecule has 0 aliphatic carbocycles. The van der Waals surface area contributed by atoms with Gasteiger partial charge in [-0.2, -0.15) is 0 Å². The van der Waals surface area contributed by atoms with Crippen molar-refractivity contribution in [1.29, 1.82) is 0 Å². The Morgan fingerprint density at radius 3 is 2.50 bits per heavy atom. The van der Waals surface area contributed by atoms with E-state index in [0.717, 1.165) is 12.0 Å². The van der Waals surface area contributed by atoms with Crippen molar-refractivity contribution >= 4 is 5.91 Å². The Labute approximate surface area is 119 Å². The lowest BCUT2D eigenvalue weighted by atomic mass is 10.1. The number of benzene rings is 2. The molecule has 3 heteroatoms. The normalized spacial score (nSPS) is 10.3. The maximum Gasteiger partial charge on any atom is 0.251 e. The number of hydrogen-bond acceptors (Lipinski definition) is 2. The van der Waals surface area contributed by atoms with Crippen molar-refractivity contribution in [1.82, 2.24) is 5.32 Å². The van der Waals surface area contributed by atoms with E-state index < -0.39 is 0 Å². The van der Waals surface area contributed by atoms with Crippen LogP contribution < -0.4 is 11.1 Å². The third-order valence-corrected chi connectivity index (χ3v) is 3.23. The van der Waals surface area contributed by atoms with Gasteiger partial charge in [-0.3, -0.25) is 4.79 Å². The van der Waals surface area contributed by atoms with E-state index in [1.165, 1.54) is 11.1 Å². The van der Waals surface area contributed by atoms with Crippen LogP contribution in [0.5, 0.6) is 0 Å². The quantitative estimate of drug-likeness (QED) is 0.875. The molecule has 0 aliphatic rings. The third kappa shape index (κ3) is 3.93. The molecule has 0 saturated carbocycles. The monoisotopic (exact) mass is 268 g/mol. The molecular formula is C17H20N2O. The van der Waals surface area contributed by atoms with Gasteiger partial charge in [0, 0.05) is 18.7 Å². The molecule has 104 valence electrons. The molecule has 0 saturated heterocycles. The molecule has 0 unspecified atom stereocenters. The van der Waals surface area contributed by atoms with Gasteiger partial charge in [-0.05, 0) is 36.6 Å². The second-order valence-electron chi connectivity index (χ2n) is 4.90. The van der Waals surface area contributed by atoms with Crippen molar-refractivity contribution in [3.05, 3.63) is 70.8 Å². The van der Waals surface area contributed by atoms with Gasteiger partial charge in [-0.25, -0.2) is 0 Å². The zero-order valence-electron chi connectivity index (χ0n) is 11.7. The summed E-state index contributed by atoms with van der Waals surface area (Å²) in [4.78, 5) is 12.0. The van der Waals surface area contributed by atoms with E-state index in [-0.39, 0.29) is 5.91 Å². The molecule has 0 radical (unpaired) electrons. The third-order valence-electron chi connectivity index (χ3n) is 3.23. The Bertz CT molecular complexity index is 576. The molecular weight excluding hydrogens is 248 g/mol. The fourth-order valence-electron chi connectivity index (χ4n) is 2.08. The first-order valence-corrected chi connectivity index (χ1v) is 6.82. The first-order valence-electron chi connectivity index (χ1n) is 6.82. The fraction of sp³-hybridized carbons (Fsp3) is 0.235. The fourth-order valence-corrected chi connectivity index (χ4v) is 2.08. The Kier molecular flexibility index (Phi) is 4.91. The van der Waals surface area contributed by atoms with Gasteiger partial charge in [-0.1, -0.05) is 42.0 Å². The minimum Gasteiger partial charge on any atom is -0.352 e. The Balaban J connectivity index is 1.85. The van der Waals surface area contributed by atoms with E-state index >= 15 is 0 Å². The predicted molar refractivity (Wildman–Crippen MR) is 81.5 cm³/mol. The highest BCUT2D eigenvalue weighted by molar-refractivity contribution is 5.94. The van der Waals surface area contributed by atoms with E-state index in [4.69, 9.17) is 5.73 Å². The van der Waals surface area contributed by atoms with Crippen LogP contribution in [0.3, 0.4) is 0 Å². The highest BCUT2D eigenvalue weighted by Gasteiger charge is 2.04. The van der Waals surface area contributed by atoms with Crippen molar-refractivity contribution in [3.8, 4) is 0 Å². The lowest BCUT2D eigenvalue weighted by molar-refractivity contribution is 0.0954. The molecule has 2 rings (SSSR count). The van der Waals surface area contributed by atoms with Crippen LogP contribution >= 0.6 is 0 Å². The zero-order chi connectivity index (χ0) is 14.4. The molecule has 2 aromatic carbocycles. The Hall–Kier alpha value is -2.13. The van der Waals surface area contributed by atoms with Crippen LogP contribution in [0.2, 0.25) is 0 Å². The molecule has 3 N–H and O–H groups in total.